The Morgan fingerprint density at radius 2 is 2.14 bits per heavy atom. The second-order valence-electron chi connectivity index (χ2n) is 6.76. The molecule has 0 aliphatic heterocycles. The first-order valence-corrected chi connectivity index (χ1v) is 8.99. The van der Waals surface area contributed by atoms with Crippen molar-refractivity contribution in [1.82, 2.24) is 20.0 Å². The molecule has 0 saturated heterocycles. The first-order chi connectivity index (χ1) is 15.1. The van der Waals surface area contributed by atoms with Gasteiger partial charge in [-0.1, -0.05) is 23.4 Å². The summed E-state index contributed by atoms with van der Waals surface area (Å²) in [5.41, 5.74) is 3.61. The summed E-state index contributed by atoms with van der Waals surface area (Å²) in [6.45, 7) is 1.06. The van der Waals surface area contributed by atoms with Crippen molar-refractivity contribution in [2.75, 3.05) is 6.98 Å². The highest BCUT2D eigenvalue weighted by Crippen LogP contribution is 2.25. The summed E-state index contributed by atoms with van der Waals surface area (Å²) in [6.07, 6.45) is 3.02. The molecule has 0 aliphatic carbocycles. The number of rotatable bonds is 4. The Bertz CT molecular complexity index is 1370. The molecule has 4 aromatic rings. The second-order valence-corrected chi connectivity index (χ2v) is 6.76. The SMILES string of the molecule is [2H]C([2H])([2H])NC(=O)c1cccc([C@@H](C)n2cnc3cc(-c4conc4C)ccc3c2=O)c1. The van der Waals surface area contributed by atoms with E-state index in [4.69, 9.17) is 8.64 Å². The number of aryl methyl sites for hydroxylation is 1. The molecule has 2 heterocycles. The first-order valence-electron chi connectivity index (χ1n) is 10.5. The molecule has 1 atom stereocenters. The summed E-state index contributed by atoms with van der Waals surface area (Å²) in [6, 6.07) is 11.4. The van der Waals surface area contributed by atoms with E-state index in [1.807, 2.05) is 31.3 Å². The highest BCUT2D eigenvalue weighted by molar-refractivity contribution is 5.94. The number of amides is 1. The van der Waals surface area contributed by atoms with E-state index in [2.05, 4.69) is 10.1 Å². The average molecular weight is 391 g/mol. The third-order valence-corrected chi connectivity index (χ3v) is 5.01. The maximum absolute atomic E-state index is 13.2. The summed E-state index contributed by atoms with van der Waals surface area (Å²) in [4.78, 5) is 29.8. The van der Waals surface area contributed by atoms with Crippen molar-refractivity contribution < 1.29 is 13.4 Å². The number of fused-ring (bicyclic) bond motifs is 1. The van der Waals surface area contributed by atoms with Crippen molar-refractivity contribution >= 4 is 16.8 Å². The Kier molecular flexibility index (Phi) is 3.86. The molecule has 1 amide bonds. The number of carbonyl (C=O) groups excluding carboxylic acids is 1. The number of hydrogen-bond donors (Lipinski definition) is 1. The van der Waals surface area contributed by atoms with Gasteiger partial charge >= 0.3 is 0 Å². The van der Waals surface area contributed by atoms with E-state index in [1.54, 1.807) is 30.5 Å². The third-order valence-electron chi connectivity index (χ3n) is 5.01. The second kappa shape index (κ2) is 7.35. The van der Waals surface area contributed by atoms with Gasteiger partial charge in [-0.3, -0.25) is 14.2 Å². The van der Waals surface area contributed by atoms with Crippen LogP contribution < -0.4 is 10.9 Å². The zero-order valence-corrected chi connectivity index (χ0v) is 15.8. The van der Waals surface area contributed by atoms with Gasteiger partial charge in [0.15, 0.2) is 0 Å². The van der Waals surface area contributed by atoms with Gasteiger partial charge in [-0.05, 0) is 49.2 Å². The minimum atomic E-state index is -2.58. The molecule has 2 aromatic heterocycles. The Balaban J connectivity index is 1.69. The quantitative estimate of drug-likeness (QED) is 0.576. The number of nitrogens with zero attached hydrogens (tertiary/aromatic N) is 3. The van der Waals surface area contributed by atoms with Crippen LogP contribution in [0.3, 0.4) is 0 Å². The lowest BCUT2D eigenvalue weighted by atomic mass is 10.0. The van der Waals surface area contributed by atoms with Crippen LogP contribution in [-0.4, -0.2) is 27.6 Å². The molecule has 0 saturated carbocycles. The van der Waals surface area contributed by atoms with Crippen molar-refractivity contribution in [3.05, 3.63) is 82.2 Å². The van der Waals surface area contributed by atoms with E-state index >= 15 is 0 Å². The fourth-order valence-corrected chi connectivity index (χ4v) is 3.32. The van der Waals surface area contributed by atoms with E-state index in [9.17, 15) is 9.59 Å². The molecule has 2 aromatic carbocycles. The van der Waals surface area contributed by atoms with Crippen molar-refractivity contribution in [2.45, 2.75) is 19.9 Å². The molecule has 0 bridgehead atoms. The first kappa shape index (κ1) is 15.2. The van der Waals surface area contributed by atoms with E-state index < -0.39 is 18.9 Å². The Labute approximate surface area is 171 Å². The molecule has 0 aliphatic rings. The van der Waals surface area contributed by atoms with Crippen LogP contribution in [0.15, 0.2) is 64.4 Å². The fourth-order valence-electron chi connectivity index (χ4n) is 3.32. The lowest BCUT2D eigenvalue weighted by Crippen LogP contribution is -2.25. The van der Waals surface area contributed by atoms with Gasteiger partial charge in [-0.25, -0.2) is 4.98 Å². The summed E-state index contributed by atoms with van der Waals surface area (Å²) >= 11 is 0. The summed E-state index contributed by atoms with van der Waals surface area (Å²) in [5, 5.41) is 6.30. The van der Waals surface area contributed by atoms with Crippen molar-refractivity contribution in [2.24, 2.45) is 0 Å². The van der Waals surface area contributed by atoms with E-state index in [-0.39, 0.29) is 11.1 Å². The fraction of sp³-hybridized carbons (Fsp3) is 0.182. The molecule has 7 heteroatoms. The largest absolute Gasteiger partial charge is 0.364 e. The number of nitrogens with one attached hydrogen (secondary N) is 1. The predicted molar refractivity (Wildman–Crippen MR) is 110 cm³/mol. The average Bonchev–Trinajstić information content (AvgIpc) is 3.18. The minimum absolute atomic E-state index is 0.195. The molecule has 4 rings (SSSR count). The van der Waals surface area contributed by atoms with Crippen LogP contribution in [0.5, 0.6) is 0 Å². The topological polar surface area (TPSA) is 90.0 Å². The normalized spacial score (nSPS) is 14.1. The molecule has 0 fully saturated rings. The zero-order chi connectivity index (χ0) is 23.0. The smallest absolute Gasteiger partial charge is 0.261 e. The van der Waals surface area contributed by atoms with Crippen LogP contribution >= 0.6 is 0 Å². The van der Waals surface area contributed by atoms with Crippen LogP contribution in [0.1, 0.15) is 38.7 Å². The monoisotopic (exact) mass is 391 g/mol. The molecule has 29 heavy (non-hydrogen) atoms. The summed E-state index contributed by atoms with van der Waals surface area (Å²) < 4.78 is 28.1. The number of hydrogen-bond acceptors (Lipinski definition) is 5. The molecular weight excluding hydrogens is 368 g/mol. The van der Waals surface area contributed by atoms with Gasteiger partial charge in [0.2, 0.25) is 0 Å². The molecule has 0 unspecified atom stereocenters. The van der Waals surface area contributed by atoms with Crippen molar-refractivity contribution in [1.29, 1.82) is 0 Å². The van der Waals surface area contributed by atoms with Crippen LogP contribution in [0.25, 0.3) is 22.0 Å². The molecular formula is C22H20N4O3. The van der Waals surface area contributed by atoms with Crippen molar-refractivity contribution in [3.8, 4) is 11.1 Å². The van der Waals surface area contributed by atoms with Gasteiger partial charge < -0.3 is 9.84 Å². The number of carbonyl (C=O) groups is 1. The summed E-state index contributed by atoms with van der Waals surface area (Å²) in [5.74, 6) is -0.709. The van der Waals surface area contributed by atoms with Gasteiger partial charge in [-0.2, -0.15) is 0 Å². The van der Waals surface area contributed by atoms with E-state index in [0.717, 1.165) is 16.8 Å². The van der Waals surface area contributed by atoms with Gasteiger partial charge in [0.05, 0.1) is 29.0 Å². The van der Waals surface area contributed by atoms with E-state index in [1.165, 1.54) is 17.0 Å². The Morgan fingerprint density at radius 1 is 1.28 bits per heavy atom. The Morgan fingerprint density at radius 3 is 2.90 bits per heavy atom. The Hall–Kier alpha value is -3.74. The number of aromatic nitrogens is 3. The highest BCUT2D eigenvalue weighted by atomic mass is 16.5. The zero-order valence-electron chi connectivity index (χ0n) is 18.8. The molecule has 1 N–H and O–H groups in total. The lowest BCUT2D eigenvalue weighted by molar-refractivity contribution is 0.0963. The van der Waals surface area contributed by atoms with Crippen LogP contribution in [0.2, 0.25) is 0 Å². The highest BCUT2D eigenvalue weighted by Gasteiger charge is 2.15. The van der Waals surface area contributed by atoms with Gasteiger partial charge in [0, 0.05) is 22.2 Å². The summed E-state index contributed by atoms with van der Waals surface area (Å²) in [7, 11) is 0. The predicted octanol–water partition coefficient (Wildman–Crippen LogP) is 3.33. The molecule has 0 spiro atoms. The molecule has 0 radical (unpaired) electrons. The molecule has 7 nitrogen and oxygen atoms in total. The van der Waals surface area contributed by atoms with Crippen molar-refractivity contribution in [3.63, 3.8) is 0 Å². The standard InChI is InChI=1S/C22H20N4O3/c1-13-19(11-29-25-13)16-7-8-18-20(10-16)24-12-26(22(18)28)14(2)15-5-4-6-17(9-15)21(27)23-3/h4-12,14H,1-3H3,(H,23,27)/t14-/m1/s1/i3D3. The van der Waals surface area contributed by atoms with Crippen LogP contribution in [0, 0.1) is 6.92 Å². The van der Waals surface area contributed by atoms with E-state index in [0.29, 0.717) is 16.5 Å². The van der Waals surface area contributed by atoms with Crippen LogP contribution in [0.4, 0.5) is 0 Å². The maximum atomic E-state index is 13.2. The lowest BCUT2D eigenvalue weighted by Gasteiger charge is -2.16. The van der Waals surface area contributed by atoms with Gasteiger partial charge in [0.25, 0.3) is 11.5 Å². The van der Waals surface area contributed by atoms with Crippen LogP contribution in [-0.2, 0) is 0 Å². The number of benzene rings is 2. The molecule has 146 valence electrons. The minimum Gasteiger partial charge on any atom is -0.364 e. The third kappa shape index (κ3) is 3.31. The maximum Gasteiger partial charge on any atom is 0.261 e. The van der Waals surface area contributed by atoms with Gasteiger partial charge in [-0.15, -0.1) is 0 Å². The van der Waals surface area contributed by atoms with Gasteiger partial charge in [0.1, 0.15) is 6.26 Å².